The van der Waals surface area contributed by atoms with Gasteiger partial charge in [-0.1, -0.05) is 86.6 Å². The van der Waals surface area contributed by atoms with E-state index in [1.807, 2.05) is 61.4 Å². The van der Waals surface area contributed by atoms with Crippen LogP contribution in [0, 0.1) is 0 Å². The summed E-state index contributed by atoms with van der Waals surface area (Å²) < 4.78 is 4.48. The molecule has 0 amide bonds. The summed E-state index contributed by atoms with van der Waals surface area (Å²) in [4.78, 5) is 18.1. The highest BCUT2D eigenvalue weighted by Gasteiger charge is 2.23. The quantitative estimate of drug-likeness (QED) is 0.175. The Kier molecular flexibility index (Phi) is 7.05. The lowest BCUT2D eigenvalue weighted by molar-refractivity contribution is 0.641. The van der Waals surface area contributed by atoms with Gasteiger partial charge in [0.25, 0.3) is 0 Å². The van der Waals surface area contributed by atoms with E-state index >= 15 is 0 Å². The van der Waals surface area contributed by atoms with Crippen LogP contribution < -0.4 is 0 Å². The van der Waals surface area contributed by atoms with Gasteiger partial charge in [0, 0.05) is 52.3 Å². The number of fused-ring (bicyclic) bond motifs is 6. The van der Waals surface area contributed by atoms with Crippen molar-refractivity contribution in [2.75, 3.05) is 0 Å². The molecule has 6 heterocycles. The molecule has 0 unspecified atom stereocenters. The predicted octanol–water partition coefficient (Wildman–Crippen LogP) is 11.1. The topological polar surface area (TPSA) is 61.4 Å². The van der Waals surface area contributed by atoms with Gasteiger partial charge in [0.05, 0.1) is 45.5 Å². The smallest absolute Gasteiger partial charge is 0.0964 e. The highest BCUT2D eigenvalue weighted by Crippen LogP contribution is 2.36. The van der Waals surface area contributed by atoms with Crippen molar-refractivity contribution < 1.29 is 0 Å². The molecular formula is C47H34N6. The van der Waals surface area contributed by atoms with Gasteiger partial charge in [-0.3, -0.25) is 19.9 Å². The Morgan fingerprint density at radius 3 is 1.17 bits per heavy atom. The molecule has 4 aromatic carbocycles. The third kappa shape index (κ3) is 5.02. The zero-order chi connectivity index (χ0) is 35.5. The second kappa shape index (κ2) is 12.1. The molecule has 0 aliphatic rings. The van der Waals surface area contributed by atoms with Crippen LogP contribution in [0.1, 0.15) is 25.0 Å². The summed E-state index contributed by atoms with van der Waals surface area (Å²) in [5.41, 5.74) is 15.5. The number of hydrogen-bond donors (Lipinski definition) is 0. The van der Waals surface area contributed by atoms with Crippen LogP contribution in [0.3, 0.4) is 0 Å². The van der Waals surface area contributed by atoms with Crippen LogP contribution in [0.4, 0.5) is 0 Å². The van der Waals surface area contributed by atoms with E-state index in [-0.39, 0.29) is 5.41 Å². The Labute approximate surface area is 306 Å². The summed E-state index contributed by atoms with van der Waals surface area (Å²) in [5.74, 6) is 0. The summed E-state index contributed by atoms with van der Waals surface area (Å²) in [6, 6.07) is 47.8. The molecule has 0 aliphatic heterocycles. The lowest BCUT2D eigenvalue weighted by atomic mass is 9.77. The zero-order valence-electron chi connectivity index (χ0n) is 29.3. The minimum absolute atomic E-state index is 0.165. The molecule has 0 spiro atoms. The van der Waals surface area contributed by atoms with Crippen LogP contribution in [0.25, 0.3) is 77.5 Å². The Morgan fingerprint density at radius 1 is 0.396 bits per heavy atom. The summed E-state index contributed by atoms with van der Waals surface area (Å²) in [6.45, 7) is 4.59. The third-order valence-electron chi connectivity index (χ3n) is 10.8. The maximum atomic E-state index is 4.66. The van der Waals surface area contributed by atoms with Crippen LogP contribution in [-0.2, 0) is 5.41 Å². The van der Waals surface area contributed by atoms with E-state index < -0.39 is 0 Å². The number of nitrogens with zero attached hydrogens (tertiary/aromatic N) is 6. The number of hydrogen-bond acceptors (Lipinski definition) is 4. The Morgan fingerprint density at radius 2 is 0.774 bits per heavy atom. The molecule has 0 fully saturated rings. The normalized spacial score (nSPS) is 12.0. The molecule has 252 valence electrons. The second-order valence-corrected chi connectivity index (χ2v) is 14.1. The molecule has 6 heteroatoms. The highest BCUT2D eigenvalue weighted by atomic mass is 15.0. The van der Waals surface area contributed by atoms with Crippen molar-refractivity contribution in [1.82, 2.24) is 29.1 Å². The summed E-state index contributed by atoms with van der Waals surface area (Å²) in [7, 11) is 0. The van der Waals surface area contributed by atoms with Gasteiger partial charge in [-0.2, -0.15) is 0 Å². The van der Waals surface area contributed by atoms with Crippen LogP contribution >= 0.6 is 0 Å². The van der Waals surface area contributed by atoms with Crippen LogP contribution in [0.2, 0.25) is 0 Å². The fraction of sp³-hybridized carbons (Fsp3) is 0.0638. The van der Waals surface area contributed by atoms with E-state index in [1.54, 1.807) is 0 Å². The van der Waals surface area contributed by atoms with Gasteiger partial charge in [0.1, 0.15) is 0 Å². The first-order valence-electron chi connectivity index (χ1n) is 17.9. The summed E-state index contributed by atoms with van der Waals surface area (Å²) >= 11 is 0. The first kappa shape index (κ1) is 30.9. The lowest BCUT2D eigenvalue weighted by Gasteiger charge is -2.26. The van der Waals surface area contributed by atoms with E-state index in [0.717, 1.165) is 55.2 Å². The maximum absolute atomic E-state index is 4.66. The van der Waals surface area contributed by atoms with Gasteiger partial charge in [0.2, 0.25) is 0 Å². The van der Waals surface area contributed by atoms with Crippen LogP contribution in [0.15, 0.2) is 171 Å². The lowest BCUT2D eigenvalue weighted by Crippen LogP contribution is -2.18. The molecule has 6 aromatic heterocycles. The van der Waals surface area contributed by atoms with Crippen molar-refractivity contribution in [3.05, 3.63) is 182 Å². The molecule has 0 atom stereocenters. The molecule has 53 heavy (non-hydrogen) atoms. The Balaban J connectivity index is 0.888. The van der Waals surface area contributed by atoms with Crippen LogP contribution in [0.5, 0.6) is 0 Å². The fourth-order valence-electron chi connectivity index (χ4n) is 7.85. The molecule has 0 bridgehead atoms. The average molecular weight is 683 g/mol. The Hall–Kier alpha value is -6.92. The molecular weight excluding hydrogens is 649 g/mol. The number of benzene rings is 4. The molecule has 0 N–H and O–H groups in total. The van der Waals surface area contributed by atoms with E-state index in [0.29, 0.717) is 0 Å². The van der Waals surface area contributed by atoms with Gasteiger partial charge in [-0.05, 0) is 94.0 Å². The third-order valence-corrected chi connectivity index (χ3v) is 10.8. The molecule has 0 saturated carbocycles. The number of rotatable bonds is 6. The standard InChI is InChI=1S/C47H34N6/c1-47(2,35-15-7-31(8-16-35)33-11-19-37(20-12-33)52-41-5-3-25-50-45(41)39-23-27-48-29-43(39)52)36-17-9-32(10-18-36)34-13-21-38(22-14-34)53-42-6-4-26-51-46(42)40-24-28-49-30-44(40)53/h3-30H,1-2H3. The van der Waals surface area contributed by atoms with Crippen molar-refractivity contribution in [3.63, 3.8) is 0 Å². The van der Waals surface area contributed by atoms with Crippen molar-refractivity contribution in [3.8, 4) is 33.6 Å². The molecule has 0 radical (unpaired) electrons. The van der Waals surface area contributed by atoms with E-state index in [1.165, 1.54) is 33.4 Å². The summed E-state index contributed by atoms with van der Waals surface area (Å²) in [6.07, 6.45) is 11.2. The largest absolute Gasteiger partial charge is 0.306 e. The Bertz CT molecular complexity index is 2630. The van der Waals surface area contributed by atoms with Gasteiger partial charge < -0.3 is 9.13 Å². The molecule has 0 saturated heterocycles. The van der Waals surface area contributed by atoms with E-state index in [4.69, 9.17) is 0 Å². The van der Waals surface area contributed by atoms with E-state index in [2.05, 4.69) is 152 Å². The summed E-state index contributed by atoms with van der Waals surface area (Å²) in [5, 5.41) is 2.21. The number of pyridine rings is 4. The number of aromatic nitrogens is 6. The average Bonchev–Trinajstić information content (AvgIpc) is 3.74. The van der Waals surface area contributed by atoms with Crippen molar-refractivity contribution in [1.29, 1.82) is 0 Å². The van der Waals surface area contributed by atoms with Crippen molar-refractivity contribution >= 4 is 43.9 Å². The van der Waals surface area contributed by atoms with Gasteiger partial charge in [-0.15, -0.1) is 0 Å². The first-order chi connectivity index (χ1) is 26.0. The fourth-order valence-corrected chi connectivity index (χ4v) is 7.85. The van der Waals surface area contributed by atoms with Crippen molar-refractivity contribution in [2.45, 2.75) is 19.3 Å². The van der Waals surface area contributed by atoms with Crippen LogP contribution in [-0.4, -0.2) is 29.1 Å². The molecule has 10 rings (SSSR count). The highest BCUT2D eigenvalue weighted by molar-refractivity contribution is 6.07. The molecule has 0 aliphatic carbocycles. The van der Waals surface area contributed by atoms with Gasteiger partial charge >= 0.3 is 0 Å². The monoisotopic (exact) mass is 682 g/mol. The van der Waals surface area contributed by atoms with Crippen molar-refractivity contribution in [2.24, 2.45) is 0 Å². The predicted molar refractivity (Wildman–Crippen MR) is 216 cm³/mol. The maximum Gasteiger partial charge on any atom is 0.0964 e. The molecule has 10 aromatic rings. The molecule has 6 nitrogen and oxygen atoms in total. The second-order valence-electron chi connectivity index (χ2n) is 14.1. The first-order valence-corrected chi connectivity index (χ1v) is 17.9. The minimum Gasteiger partial charge on any atom is -0.306 e. The van der Waals surface area contributed by atoms with Gasteiger partial charge in [0.15, 0.2) is 0 Å². The van der Waals surface area contributed by atoms with E-state index in [9.17, 15) is 0 Å². The SMILES string of the molecule is CC(C)(c1ccc(-c2ccc(-n3c4cnccc4c4ncccc43)cc2)cc1)c1ccc(-c2ccc(-n3c4cnccc4c4ncccc43)cc2)cc1. The zero-order valence-corrected chi connectivity index (χ0v) is 29.3. The minimum atomic E-state index is -0.165. The van der Waals surface area contributed by atoms with Gasteiger partial charge in [-0.25, -0.2) is 0 Å².